The number of anilines is 1. The molecule has 3 aromatic rings. The highest BCUT2D eigenvalue weighted by atomic mass is 16.5. The molecule has 1 aromatic carbocycles. The van der Waals surface area contributed by atoms with Crippen molar-refractivity contribution in [2.75, 3.05) is 44.7 Å². The Morgan fingerprint density at radius 2 is 1.92 bits per heavy atom. The van der Waals surface area contributed by atoms with Gasteiger partial charge in [-0.3, -0.25) is 0 Å². The lowest BCUT2D eigenvalue weighted by atomic mass is 10.1. The molecule has 1 aliphatic rings. The summed E-state index contributed by atoms with van der Waals surface area (Å²) in [6.07, 6.45) is 1.91. The van der Waals surface area contributed by atoms with Crippen molar-refractivity contribution in [3.63, 3.8) is 0 Å². The van der Waals surface area contributed by atoms with Crippen molar-refractivity contribution in [3.05, 3.63) is 47.8 Å². The summed E-state index contributed by atoms with van der Waals surface area (Å²) < 4.78 is 7.38. The third-order valence-electron chi connectivity index (χ3n) is 5.18. The predicted molar refractivity (Wildman–Crippen MR) is 103 cm³/mol. The average Bonchev–Trinajstić information content (AvgIpc) is 3.09. The van der Waals surface area contributed by atoms with Crippen molar-refractivity contribution >= 4 is 11.5 Å². The second-order valence-corrected chi connectivity index (χ2v) is 6.87. The highest BCUT2D eigenvalue weighted by molar-refractivity contribution is 5.78. The van der Waals surface area contributed by atoms with Gasteiger partial charge in [0.2, 0.25) is 0 Å². The summed E-state index contributed by atoms with van der Waals surface area (Å²) in [5.41, 5.74) is 5.30. The Hall–Kier alpha value is -2.44. The van der Waals surface area contributed by atoms with Gasteiger partial charge >= 0.3 is 0 Å². The summed E-state index contributed by atoms with van der Waals surface area (Å²) in [6, 6.07) is 10.3. The highest BCUT2D eigenvalue weighted by Gasteiger charge is 2.17. The molecule has 0 radical (unpaired) electrons. The molecular weight excluding hydrogens is 326 g/mol. The lowest BCUT2D eigenvalue weighted by Gasteiger charge is -2.24. The SMILES string of the molecule is Cc1nc2c(-c3ccccc3)cnn2c(NCC[NH+]2CCOCC2)c1C. The summed E-state index contributed by atoms with van der Waals surface area (Å²) in [6.45, 7) is 10.1. The van der Waals surface area contributed by atoms with Gasteiger partial charge in [-0.1, -0.05) is 30.3 Å². The van der Waals surface area contributed by atoms with E-state index in [0.29, 0.717) is 0 Å². The molecule has 2 N–H and O–H groups in total. The first-order valence-electron chi connectivity index (χ1n) is 9.29. The van der Waals surface area contributed by atoms with Gasteiger partial charge in [0.15, 0.2) is 5.65 Å². The van der Waals surface area contributed by atoms with E-state index in [2.05, 4.69) is 36.4 Å². The molecular formula is C20H26N5O+. The third kappa shape index (κ3) is 3.30. The van der Waals surface area contributed by atoms with E-state index in [0.717, 1.165) is 73.2 Å². The number of rotatable bonds is 5. The lowest BCUT2D eigenvalue weighted by molar-refractivity contribution is -0.906. The second-order valence-electron chi connectivity index (χ2n) is 6.87. The zero-order chi connectivity index (χ0) is 17.9. The molecule has 2 aromatic heterocycles. The number of nitrogens with zero attached hydrogens (tertiary/aromatic N) is 3. The molecule has 0 unspecified atom stereocenters. The highest BCUT2D eigenvalue weighted by Crippen LogP contribution is 2.27. The third-order valence-corrected chi connectivity index (χ3v) is 5.18. The fourth-order valence-electron chi connectivity index (χ4n) is 3.48. The molecule has 26 heavy (non-hydrogen) atoms. The van der Waals surface area contributed by atoms with Crippen molar-refractivity contribution in [2.45, 2.75) is 13.8 Å². The minimum absolute atomic E-state index is 0.868. The monoisotopic (exact) mass is 352 g/mol. The van der Waals surface area contributed by atoms with E-state index in [1.807, 2.05) is 28.9 Å². The van der Waals surface area contributed by atoms with Crippen molar-refractivity contribution in [2.24, 2.45) is 0 Å². The Bertz CT molecular complexity index is 884. The average molecular weight is 352 g/mol. The molecule has 1 saturated heterocycles. The second kappa shape index (κ2) is 7.43. The van der Waals surface area contributed by atoms with Crippen LogP contribution in [0.3, 0.4) is 0 Å². The quantitative estimate of drug-likeness (QED) is 0.728. The number of hydrogen-bond acceptors (Lipinski definition) is 4. The number of aryl methyl sites for hydroxylation is 1. The zero-order valence-corrected chi connectivity index (χ0v) is 15.5. The standard InChI is InChI=1S/C20H25N5O/c1-15-16(2)23-20-18(17-6-4-3-5-7-17)14-22-25(20)19(15)21-8-9-24-10-12-26-13-11-24/h3-7,14,21H,8-13H2,1-2H3/p+1. The molecule has 0 spiro atoms. The summed E-state index contributed by atoms with van der Waals surface area (Å²) >= 11 is 0. The van der Waals surface area contributed by atoms with Crippen LogP contribution in [-0.4, -0.2) is 54.0 Å². The molecule has 0 amide bonds. The van der Waals surface area contributed by atoms with Crippen molar-refractivity contribution in [1.82, 2.24) is 14.6 Å². The van der Waals surface area contributed by atoms with Gasteiger partial charge in [0.1, 0.15) is 18.9 Å². The van der Waals surface area contributed by atoms with Gasteiger partial charge in [-0.2, -0.15) is 9.61 Å². The summed E-state index contributed by atoms with van der Waals surface area (Å²) in [5, 5.41) is 8.23. The van der Waals surface area contributed by atoms with E-state index in [4.69, 9.17) is 9.72 Å². The Labute approximate surface area is 153 Å². The number of nitrogens with one attached hydrogen (secondary N) is 2. The number of benzene rings is 1. The minimum Gasteiger partial charge on any atom is -0.370 e. The van der Waals surface area contributed by atoms with Gasteiger partial charge in [0, 0.05) is 16.8 Å². The number of quaternary nitrogens is 1. The normalized spacial score (nSPS) is 15.5. The van der Waals surface area contributed by atoms with Crippen LogP contribution in [0.15, 0.2) is 36.5 Å². The van der Waals surface area contributed by atoms with Gasteiger partial charge < -0.3 is 15.0 Å². The van der Waals surface area contributed by atoms with E-state index >= 15 is 0 Å². The molecule has 1 aliphatic heterocycles. The van der Waals surface area contributed by atoms with Gasteiger partial charge in [0.05, 0.1) is 32.5 Å². The largest absolute Gasteiger partial charge is 0.370 e. The number of hydrogen-bond donors (Lipinski definition) is 2. The maximum absolute atomic E-state index is 5.44. The summed E-state index contributed by atoms with van der Waals surface area (Å²) in [5.74, 6) is 1.04. The van der Waals surface area contributed by atoms with Crippen LogP contribution in [0, 0.1) is 13.8 Å². The van der Waals surface area contributed by atoms with E-state index in [1.165, 1.54) is 0 Å². The number of fused-ring (bicyclic) bond motifs is 1. The first-order valence-corrected chi connectivity index (χ1v) is 9.29. The van der Waals surface area contributed by atoms with Crippen LogP contribution in [0.25, 0.3) is 16.8 Å². The smallest absolute Gasteiger partial charge is 0.165 e. The zero-order valence-electron chi connectivity index (χ0n) is 15.5. The minimum atomic E-state index is 0.868. The van der Waals surface area contributed by atoms with Gasteiger partial charge in [-0.25, -0.2) is 4.98 Å². The van der Waals surface area contributed by atoms with E-state index in [9.17, 15) is 0 Å². The van der Waals surface area contributed by atoms with Crippen LogP contribution in [0.5, 0.6) is 0 Å². The fourth-order valence-corrected chi connectivity index (χ4v) is 3.48. The molecule has 0 saturated carbocycles. The number of morpholine rings is 1. The van der Waals surface area contributed by atoms with E-state index < -0.39 is 0 Å². The van der Waals surface area contributed by atoms with Crippen LogP contribution in [0.1, 0.15) is 11.3 Å². The van der Waals surface area contributed by atoms with E-state index in [1.54, 1.807) is 4.90 Å². The molecule has 3 heterocycles. The summed E-state index contributed by atoms with van der Waals surface area (Å²) in [7, 11) is 0. The van der Waals surface area contributed by atoms with Crippen molar-refractivity contribution in [3.8, 4) is 11.1 Å². The number of aromatic nitrogens is 3. The molecule has 136 valence electrons. The predicted octanol–water partition coefficient (Wildman–Crippen LogP) is 1.34. The first-order chi connectivity index (χ1) is 12.7. The van der Waals surface area contributed by atoms with Crippen molar-refractivity contribution in [1.29, 1.82) is 0 Å². The Balaban J connectivity index is 1.61. The van der Waals surface area contributed by atoms with Crippen LogP contribution in [0.2, 0.25) is 0 Å². The Kier molecular flexibility index (Phi) is 4.86. The Morgan fingerprint density at radius 1 is 1.15 bits per heavy atom. The topological polar surface area (TPSA) is 55.9 Å². The summed E-state index contributed by atoms with van der Waals surface area (Å²) in [4.78, 5) is 6.40. The van der Waals surface area contributed by atoms with Gasteiger partial charge in [0.25, 0.3) is 0 Å². The molecule has 6 nitrogen and oxygen atoms in total. The van der Waals surface area contributed by atoms with Crippen LogP contribution < -0.4 is 10.2 Å². The molecule has 1 fully saturated rings. The molecule has 0 bridgehead atoms. The fraction of sp³-hybridized carbons (Fsp3) is 0.400. The maximum Gasteiger partial charge on any atom is 0.165 e. The van der Waals surface area contributed by atoms with E-state index in [-0.39, 0.29) is 0 Å². The van der Waals surface area contributed by atoms with Crippen LogP contribution in [-0.2, 0) is 4.74 Å². The molecule has 4 rings (SSSR count). The van der Waals surface area contributed by atoms with Crippen LogP contribution >= 0.6 is 0 Å². The lowest BCUT2D eigenvalue weighted by Crippen LogP contribution is -3.14. The molecule has 0 atom stereocenters. The first kappa shape index (κ1) is 17.0. The van der Waals surface area contributed by atoms with Gasteiger partial charge in [-0.05, 0) is 19.4 Å². The molecule has 6 heteroatoms. The van der Waals surface area contributed by atoms with Gasteiger partial charge in [-0.15, -0.1) is 0 Å². The molecule has 0 aliphatic carbocycles. The number of ether oxygens (including phenoxy) is 1. The maximum atomic E-state index is 5.44. The van der Waals surface area contributed by atoms with Crippen molar-refractivity contribution < 1.29 is 9.64 Å². The Morgan fingerprint density at radius 3 is 2.69 bits per heavy atom. The van der Waals surface area contributed by atoms with Crippen LogP contribution in [0.4, 0.5) is 5.82 Å².